The predicted octanol–water partition coefficient (Wildman–Crippen LogP) is 6.89. The van der Waals surface area contributed by atoms with E-state index in [1.165, 1.54) is 0 Å². The van der Waals surface area contributed by atoms with Gasteiger partial charge in [-0.2, -0.15) is 0 Å². The lowest BCUT2D eigenvalue weighted by Crippen LogP contribution is -2.17. The van der Waals surface area contributed by atoms with Gasteiger partial charge in [-0.1, -0.05) is 72.8 Å². The lowest BCUT2D eigenvalue weighted by molar-refractivity contribution is -0.115. The Morgan fingerprint density at radius 1 is 0.725 bits per heavy atom. The van der Waals surface area contributed by atoms with Gasteiger partial charge in [-0.05, 0) is 60.0 Å². The molecule has 4 aromatic carbocycles. The van der Waals surface area contributed by atoms with E-state index in [-0.39, 0.29) is 12.3 Å². The van der Waals surface area contributed by atoms with Gasteiger partial charge in [0.2, 0.25) is 5.91 Å². The van der Waals surface area contributed by atoms with E-state index in [0.29, 0.717) is 31.1 Å². The smallest absolute Gasteiger partial charge is 0.229 e. The highest BCUT2D eigenvalue weighted by Gasteiger charge is 2.14. The number of ether oxygens (including phenoxy) is 2. The molecule has 0 aliphatic heterocycles. The molecule has 0 saturated heterocycles. The summed E-state index contributed by atoms with van der Waals surface area (Å²) in [6.07, 6.45) is 2.46. The van der Waals surface area contributed by atoms with Crippen molar-refractivity contribution in [2.75, 3.05) is 11.9 Å². The number of amides is 1. The first-order chi connectivity index (χ1) is 19.7. The second kappa shape index (κ2) is 13.2. The first kappa shape index (κ1) is 26.6. The number of anilines is 1. The van der Waals surface area contributed by atoms with Crippen LogP contribution in [-0.2, 0) is 24.2 Å². The third-order valence-electron chi connectivity index (χ3n) is 6.31. The third kappa shape index (κ3) is 7.32. The summed E-state index contributed by atoms with van der Waals surface area (Å²) in [5, 5.41) is 2.98. The minimum atomic E-state index is -0.152. The van der Waals surface area contributed by atoms with Crippen LogP contribution in [0.2, 0.25) is 0 Å². The average molecular weight is 530 g/mol. The maximum absolute atomic E-state index is 12.9. The van der Waals surface area contributed by atoms with Crippen molar-refractivity contribution < 1.29 is 14.3 Å². The van der Waals surface area contributed by atoms with E-state index in [1.54, 1.807) is 6.20 Å². The minimum Gasteiger partial charge on any atom is -0.494 e. The van der Waals surface area contributed by atoms with E-state index in [4.69, 9.17) is 14.5 Å². The number of hydrogen-bond donors (Lipinski definition) is 1. The van der Waals surface area contributed by atoms with Crippen LogP contribution in [0.3, 0.4) is 0 Å². The molecule has 40 heavy (non-hydrogen) atoms. The highest BCUT2D eigenvalue weighted by Crippen LogP contribution is 2.25. The van der Waals surface area contributed by atoms with Gasteiger partial charge in [-0.15, -0.1) is 0 Å². The predicted molar refractivity (Wildman–Crippen MR) is 157 cm³/mol. The van der Waals surface area contributed by atoms with Crippen LogP contribution in [0.15, 0.2) is 115 Å². The van der Waals surface area contributed by atoms with Crippen LogP contribution in [0, 0.1) is 0 Å². The summed E-state index contributed by atoms with van der Waals surface area (Å²) in [6, 6.07) is 35.5. The molecule has 5 rings (SSSR count). The van der Waals surface area contributed by atoms with Crippen LogP contribution < -0.4 is 14.8 Å². The average Bonchev–Trinajstić information content (AvgIpc) is 2.99. The number of carbonyl (C=O) groups excluding carboxylic acids is 1. The summed E-state index contributed by atoms with van der Waals surface area (Å²) in [5.41, 5.74) is 5.44. The zero-order chi connectivity index (χ0) is 27.6. The maximum Gasteiger partial charge on any atom is 0.229 e. The van der Waals surface area contributed by atoms with Crippen molar-refractivity contribution in [1.82, 2.24) is 9.97 Å². The zero-order valence-electron chi connectivity index (χ0n) is 22.4. The Balaban J connectivity index is 1.32. The zero-order valence-corrected chi connectivity index (χ0v) is 22.4. The lowest BCUT2D eigenvalue weighted by atomic mass is 10.1. The summed E-state index contributed by atoms with van der Waals surface area (Å²) >= 11 is 0. The maximum atomic E-state index is 12.9. The first-order valence-electron chi connectivity index (χ1n) is 13.3. The summed E-state index contributed by atoms with van der Waals surface area (Å²) in [7, 11) is 0. The molecule has 0 bridgehead atoms. The highest BCUT2D eigenvalue weighted by molar-refractivity contribution is 5.92. The number of aromatic nitrogens is 2. The largest absolute Gasteiger partial charge is 0.494 e. The molecule has 0 unspecified atom stereocenters. The van der Waals surface area contributed by atoms with E-state index in [0.717, 1.165) is 39.4 Å². The Labute approximate surface area is 234 Å². The summed E-state index contributed by atoms with van der Waals surface area (Å²) in [4.78, 5) is 22.5. The van der Waals surface area contributed by atoms with Gasteiger partial charge in [0.1, 0.15) is 18.1 Å². The van der Waals surface area contributed by atoms with E-state index in [1.807, 2.05) is 116 Å². The molecule has 0 aliphatic rings. The van der Waals surface area contributed by atoms with Crippen LogP contribution >= 0.6 is 0 Å². The van der Waals surface area contributed by atoms with E-state index in [2.05, 4.69) is 10.3 Å². The Bertz CT molecular complexity index is 1520. The Morgan fingerprint density at radius 3 is 2.02 bits per heavy atom. The van der Waals surface area contributed by atoms with Gasteiger partial charge in [0.15, 0.2) is 5.82 Å². The van der Waals surface area contributed by atoms with Crippen LogP contribution in [0.4, 0.5) is 5.82 Å². The molecule has 1 heterocycles. The van der Waals surface area contributed by atoms with Gasteiger partial charge in [0, 0.05) is 12.0 Å². The van der Waals surface area contributed by atoms with Crippen molar-refractivity contribution in [3.63, 3.8) is 0 Å². The molecule has 200 valence electrons. The fourth-order valence-corrected chi connectivity index (χ4v) is 4.28. The number of benzene rings is 4. The van der Waals surface area contributed by atoms with E-state index >= 15 is 0 Å². The van der Waals surface area contributed by atoms with Crippen molar-refractivity contribution in [3.8, 4) is 22.8 Å². The molecule has 1 amide bonds. The Kier molecular flexibility index (Phi) is 8.79. The first-order valence-corrected chi connectivity index (χ1v) is 13.3. The van der Waals surface area contributed by atoms with Crippen LogP contribution in [-0.4, -0.2) is 22.5 Å². The second-order valence-electron chi connectivity index (χ2n) is 9.31. The molecule has 0 atom stereocenters. The van der Waals surface area contributed by atoms with Gasteiger partial charge >= 0.3 is 0 Å². The molecule has 0 fully saturated rings. The fraction of sp³-hybridized carbons (Fsp3) is 0.147. The molecule has 1 N–H and O–H groups in total. The number of rotatable bonds is 11. The normalized spacial score (nSPS) is 10.6. The number of carbonyl (C=O) groups is 1. The standard InChI is InChI=1S/C34H31N3O3/c1-2-39-29-17-13-26(14-18-29)22-33(38)37-34-31(21-25-9-5-3-6-10-25)36-32(23-35-34)28-15-19-30(20-16-28)40-24-27-11-7-4-8-12-27/h3-20,23H,2,21-22,24H2,1H3,(H,35,37,38). The lowest BCUT2D eigenvalue weighted by Gasteiger charge is -2.12. The second-order valence-corrected chi connectivity index (χ2v) is 9.31. The monoisotopic (exact) mass is 529 g/mol. The Hall–Kier alpha value is -4.97. The van der Waals surface area contributed by atoms with Gasteiger partial charge in [0.25, 0.3) is 0 Å². The molecule has 5 aromatic rings. The highest BCUT2D eigenvalue weighted by atomic mass is 16.5. The molecule has 0 radical (unpaired) electrons. The molecule has 0 aliphatic carbocycles. The van der Waals surface area contributed by atoms with Crippen LogP contribution in [0.1, 0.15) is 29.3 Å². The molecule has 6 nitrogen and oxygen atoms in total. The van der Waals surface area contributed by atoms with Crippen molar-refractivity contribution in [2.45, 2.75) is 26.4 Å². The fourth-order valence-electron chi connectivity index (χ4n) is 4.28. The van der Waals surface area contributed by atoms with Crippen molar-refractivity contribution >= 4 is 11.7 Å². The number of hydrogen-bond acceptors (Lipinski definition) is 5. The Morgan fingerprint density at radius 2 is 1.35 bits per heavy atom. The molecule has 0 spiro atoms. The number of nitrogens with zero attached hydrogens (tertiary/aromatic N) is 2. The molecule has 1 aromatic heterocycles. The summed E-state index contributed by atoms with van der Waals surface area (Å²) in [5.74, 6) is 1.88. The third-order valence-corrected chi connectivity index (χ3v) is 6.31. The molecular formula is C34H31N3O3. The van der Waals surface area contributed by atoms with Crippen molar-refractivity contribution in [3.05, 3.63) is 138 Å². The van der Waals surface area contributed by atoms with Crippen molar-refractivity contribution in [2.24, 2.45) is 0 Å². The quantitative estimate of drug-likeness (QED) is 0.202. The van der Waals surface area contributed by atoms with Crippen molar-refractivity contribution in [1.29, 1.82) is 0 Å². The SMILES string of the molecule is CCOc1ccc(CC(=O)Nc2ncc(-c3ccc(OCc4ccccc4)cc3)nc2Cc2ccccc2)cc1. The summed E-state index contributed by atoms with van der Waals surface area (Å²) < 4.78 is 11.4. The molecule has 6 heteroatoms. The molecular weight excluding hydrogens is 498 g/mol. The van der Waals surface area contributed by atoms with E-state index < -0.39 is 0 Å². The van der Waals surface area contributed by atoms with Crippen LogP contribution in [0.25, 0.3) is 11.3 Å². The van der Waals surface area contributed by atoms with Gasteiger partial charge < -0.3 is 14.8 Å². The van der Waals surface area contributed by atoms with Crippen LogP contribution in [0.5, 0.6) is 11.5 Å². The molecule has 0 saturated carbocycles. The summed E-state index contributed by atoms with van der Waals surface area (Å²) in [6.45, 7) is 3.05. The van der Waals surface area contributed by atoms with Gasteiger partial charge in [0.05, 0.1) is 30.6 Å². The minimum absolute atomic E-state index is 0.152. The van der Waals surface area contributed by atoms with E-state index in [9.17, 15) is 4.79 Å². The number of nitrogens with one attached hydrogen (secondary N) is 1. The topological polar surface area (TPSA) is 73.3 Å². The van der Waals surface area contributed by atoms with Gasteiger partial charge in [-0.3, -0.25) is 4.79 Å². The van der Waals surface area contributed by atoms with Gasteiger partial charge in [-0.25, -0.2) is 9.97 Å².